The van der Waals surface area contributed by atoms with Crippen LogP contribution in [0, 0.1) is 11.3 Å². The van der Waals surface area contributed by atoms with Crippen LogP contribution in [0.25, 0.3) is 0 Å². The van der Waals surface area contributed by atoms with Crippen LogP contribution in [0.1, 0.15) is 27.0 Å². The number of ketones is 1. The van der Waals surface area contributed by atoms with Crippen LogP contribution in [0.5, 0.6) is 5.75 Å². The van der Waals surface area contributed by atoms with E-state index in [1.807, 2.05) is 30.3 Å². The van der Waals surface area contributed by atoms with E-state index in [0.717, 1.165) is 15.6 Å². The van der Waals surface area contributed by atoms with E-state index >= 15 is 0 Å². The van der Waals surface area contributed by atoms with Crippen LogP contribution >= 0.6 is 15.9 Å². The number of rotatable bonds is 6. The van der Waals surface area contributed by atoms with Gasteiger partial charge in [0.1, 0.15) is 12.4 Å². The highest BCUT2D eigenvalue weighted by atomic mass is 79.9. The van der Waals surface area contributed by atoms with Gasteiger partial charge in [-0.1, -0.05) is 34.1 Å². The van der Waals surface area contributed by atoms with Crippen molar-refractivity contribution in [3.63, 3.8) is 0 Å². The van der Waals surface area contributed by atoms with Crippen molar-refractivity contribution < 1.29 is 9.53 Å². The molecular weight excluding hydrogens is 392 g/mol. The van der Waals surface area contributed by atoms with E-state index in [9.17, 15) is 4.79 Å². The Balaban J connectivity index is 1.76. The highest BCUT2D eigenvalue weighted by Gasteiger charge is 2.14. The first-order valence-electron chi connectivity index (χ1n) is 7.99. The normalized spacial score (nSPS) is 10.2. The molecule has 26 heavy (non-hydrogen) atoms. The molecule has 0 aliphatic carbocycles. The Bertz CT molecular complexity index is 948. The van der Waals surface area contributed by atoms with Crippen LogP contribution in [0.3, 0.4) is 0 Å². The van der Waals surface area contributed by atoms with Crippen LogP contribution in [0.15, 0.2) is 71.5 Å². The first-order chi connectivity index (χ1) is 12.7. The first kappa shape index (κ1) is 17.8. The lowest BCUT2D eigenvalue weighted by Crippen LogP contribution is -2.07. The van der Waals surface area contributed by atoms with E-state index < -0.39 is 0 Å². The number of hydrogen-bond acceptors (Lipinski definition) is 4. The second-order valence-electron chi connectivity index (χ2n) is 5.70. The van der Waals surface area contributed by atoms with E-state index in [-0.39, 0.29) is 12.2 Å². The Morgan fingerprint density at radius 1 is 1.12 bits per heavy atom. The fourth-order valence-corrected chi connectivity index (χ4v) is 2.83. The molecule has 0 unspecified atom stereocenters. The van der Waals surface area contributed by atoms with Crippen molar-refractivity contribution in [2.75, 3.05) is 0 Å². The summed E-state index contributed by atoms with van der Waals surface area (Å²) in [5.74, 6) is 0.501. The van der Waals surface area contributed by atoms with Gasteiger partial charge in [0.05, 0.1) is 17.2 Å². The highest BCUT2D eigenvalue weighted by molar-refractivity contribution is 9.10. The first-order valence-corrected chi connectivity index (χ1v) is 8.78. The van der Waals surface area contributed by atoms with E-state index in [0.29, 0.717) is 23.5 Å². The number of ether oxygens (including phenoxy) is 1. The van der Waals surface area contributed by atoms with E-state index in [1.54, 1.807) is 36.7 Å². The number of pyridine rings is 1. The largest absolute Gasteiger partial charge is 0.488 e. The van der Waals surface area contributed by atoms with Gasteiger partial charge in [-0.05, 0) is 47.5 Å². The number of nitriles is 1. The Hall–Kier alpha value is -2.97. The molecule has 0 amide bonds. The van der Waals surface area contributed by atoms with Gasteiger partial charge in [0, 0.05) is 23.3 Å². The highest BCUT2D eigenvalue weighted by Crippen LogP contribution is 2.25. The van der Waals surface area contributed by atoms with Gasteiger partial charge in [0.2, 0.25) is 0 Å². The fourth-order valence-electron chi connectivity index (χ4n) is 2.47. The van der Waals surface area contributed by atoms with Crippen molar-refractivity contribution in [2.24, 2.45) is 0 Å². The standard InChI is InChI=1S/C21H15BrN2O2/c22-18-7-8-21(26-14-16-5-3-15(12-23)4-6-16)19(11-18)20(25)10-17-2-1-9-24-13-17/h1-9,11,13H,10,14H2. The summed E-state index contributed by atoms with van der Waals surface area (Å²) in [6.07, 6.45) is 3.63. The van der Waals surface area contributed by atoms with Crippen molar-refractivity contribution in [1.29, 1.82) is 5.26 Å². The van der Waals surface area contributed by atoms with E-state index in [1.165, 1.54) is 0 Å². The van der Waals surface area contributed by atoms with E-state index in [4.69, 9.17) is 10.00 Å². The molecule has 0 N–H and O–H groups in total. The maximum Gasteiger partial charge on any atom is 0.171 e. The number of halogens is 1. The lowest BCUT2D eigenvalue weighted by Gasteiger charge is -2.12. The lowest BCUT2D eigenvalue weighted by atomic mass is 10.0. The monoisotopic (exact) mass is 406 g/mol. The number of aromatic nitrogens is 1. The van der Waals surface area contributed by atoms with Gasteiger partial charge in [-0.25, -0.2) is 0 Å². The number of Topliss-reactive ketones (excluding diaryl/α,β-unsaturated/α-hetero) is 1. The Morgan fingerprint density at radius 2 is 1.92 bits per heavy atom. The lowest BCUT2D eigenvalue weighted by molar-refractivity contribution is 0.0988. The molecule has 0 radical (unpaired) electrons. The molecule has 0 aliphatic heterocycles. The summed E-state index contributed by atoms with van der Waals surface area (Å²) in [6, 6.07) is 18.3. The van der Waals surface area contributed by atoms with Crippen molar-refractivity contribution in [1.82, 2.24) is 4.98 Å². The van der Waals surface area contributed by atoms with E-state index in [2.05, 4.69) is 27.0 Å². The molecule has 3 aromatic rings. The average Bonchev–Trinajstić information content (AvgIpc) is 2.68. The summed E-state index contributed by atoms with van der Waals surface area (Å²) < 4.78 is 6.69. The second-order valence-corrected chi connectivity index (χ2v) is 6.61. The zero-order valence-corrected chi connectivity index (χ0v) is 15.4. The maximum atomic E-state index is 12.7. The van der Waals surface area contributed by atoms with Gasteiger partial charge in [-0.3, -0.25) is 9.78 Å². The summed E-state index contributed by atoms with van der Waals surface area (Å²) in [5, 5.41) is 8.85. The van der Waals surface area contributed by atoms with Gasteiger partial charge in [-0.2, -0.15) is 5.26 Å². The minimum atomic E-state index is -0.0332. The topological polar surface area (TPSA) is 63.0 Å². The molecule has 128 valence electrons. The summed E-state index contributed by atoms with van der Waals surface area (Å²) >= 11 is 3.41. The number of hydrogen-bond donors (Lipinski definition) is 0. The maximum absolute atomic E-state index is 12.7. The Labute approximate surface area is 160 Å². The minimum absolute atomic E-state index is 0.0332. The van der Waals surface area contributed by atoms with Crippen LogP contribution in [-0.2, 0) is 13.0 Å². The molecule has 0 bridgehead atoms. The number of nitrogens with zero attached hydrogens (tertiary/aromatic N) is 2. The zero-order valence-electron chi connectivity index (χ0n) is 13.9. The quantitative estimate of drug-likeness (QED) is 0.555. The van der Waals surface area contributed by atoms with Crippen LogP contribution in [0.4, 0.5) is 0 Å². The van der Waals surface area contributed by atoms with Crippen molar-refractivity contribution in [2.45, 2.75) is 13.0 Å². The van der Waals surface area contributed by atoms with Crippen molar-refractivity contribution in [3.8, 4) is 11.8 Å². The Kier molecular flexibility index (Phi) is 5.77. The van der Waals surface area contributed by atoms with Crippen molar-refractivity contribution in [3.05, 3.63) is 93.7 Å². The Morgan fingerprint density at radius 3 is 2.62 bits per heavy atom. The minimum Gasteiger partial charge on any atom is -0.488 e. The smallest absolute Gasteiger partial charge is 0.171 e. The molecule has 5 heteroatoms. The number of carbonyl (C=O) groups excluding carboxylic acids is 1. The summed E-state index contributed by atoms with van der Waals surface area (Å²) in [4.78, 5) is 16.8. The summed E-state index contributed by atoms with van der Waals surface area (Å²) in [6.45, 7) is 0.320. The molecule has 4 nitrogen and oxygen atoms in total. The van der Waals surface area contributed by atoms with Crippen molar-refractivity contribution >= 4 is 21.7 Å². The molecule has 0 atom stereocenters. The molecule has 0 saturated carbocycles. The molecular formula is C21H15BrN2O2. The molecule has 0 aliphatic rings. The third-order valence-corrected chi connectivity index (χ3v) is 4.30. The predicted octanol–water partition coefficient (Wildman–Crippen LogP) is 4.72. The third-order valence-electron chi connectivity index (χ3n) is 3.81. The van der Waals surface area contributed by atoms with Crippen LogP contribution in [0.2, 0.25) is 0 Å². The second kappa shape index (κ2) is 8.41. The third kappa shape index (κ3) is 4.56. The average molecular weight is 407 g/mol. The number of carbonyl (C=O) groups is 1. The van der Waals surface area contributed by atoms with Gasteiger partial charge in [-0.15, -0.1) is 0 Å². The molecule has 0 fully saturated rings. The van der Waals surface area contributed by atoms with Gasteiger partial charge in [0.25, 0.3) is 0 Å². The zero-order chi connectivity index (χ0) is 18.4. The summed E-state index contributed by atoms with van der Waals surface area (Å²) in [7, 11) is 0. The molecule has 2 aromatic carbocycles. The van der Waals surface area contributed by atoms with Gasteiger partial charge in [0.15, 0.2) is 5.78 Å². The summed E-state index contributed by atoms with van der Waals surface area (Å²) in [5.41, 5.74) is 2.91. The predicted molar refractivity (Wildman–Crippen MR) is 102 cm³/mol. The van der Waals surface area contributed by atoms with Gasteiger partial charge < -0.3 is 4.74 Å². The molecule has 1 aromatic heterocycles. The van der Waals surface area contributed by atoms with Gasteiger partial charge >= 0.3 is 0 Å². The van der Waals surface area contributed by atoms with Crippen LogP contribution < -0.4 is 4.74 Å². The van der Waals surface area contributed by atoms with Crippen LogP contribution in [-0.4, -0.2) is 10.8 Å². The molecule has 0 saturated heterocycles. The molecule has 3 rings (SSSR count). The molecule has 0 spiro atoms. The molecule has 1 heterocycles. The fraction of sp³-hybridized carbons (Fsp3) is 0.0952. The number of benzene rings is 2. The SMILES string of the molecule is N#Cc1ccc(COc2ccc(Br)cc2C(=O)Cc2cccnc2)cc1.